The number of benzene rings is 2. The molecule has 2 aromatic carbocycles. The van der Waals surface area contributed by atoms with Crippen molar-refractivity contribution in [3.8, 4) is 11.8 Å². The Bertz CT molecular complexity index is 1030. The minimum Gasteiger partial charge on any atom is -0.205 e. The highest BCUT2D eigenvalue weighted by molar-refractivity contribution is 7.78. The molecule has 3 rings (SSSR count). The largest absolute Gasteiger partial charge is 0.205 e. The van der Waals surface area contributed by atoms with E-state index in [-0.39, 0.29) is 5.69 Å². The highest BCUT2D eigenvalue weighted by Crippen LogP contribution is 2.36. The summed E-state index contributed by atoms with van der Waals surface area (Å²) >= 11 is 4.65. The van der Waals surface area contributed by atoms with E-state index in [2.05, 4.69) is 72.0 Å². The Balaban J connectivity index is 1.88. The summed E-state index contributed by atoms with van der Waals surface area (Å²) in [5.41, 5.74) is 5.36. The molecule has 1 aliphatic carbocycles. The van der Waals surface area contributed by atoms with Gasteiger partial charge in [0, 0.05) is 16.7 Å². The van der Waals surface area contributed by atoms with Gasteiger partial charge in [0.15, 0.2) is 5.82 Å². The summed E-state index contributed by atoms with van der Waals surface area (Å²) in [5, 5.41) is 2.25. The summed E-state index contributed by atoms with van der Waals surface area (Å²) in [6.45, 7) is 10.0. The lowest BCUT2D eigenvalue weighted by molar-refractivity contribution is 0.348. The first-order valence-electron chi connectivity index (χ1n) is 10.1. The predicted octanol–water partition coefficient (Wildman–Crippen LogP) is 7.60. The van der Waals surface area contributed by atoms with Gasteiger partial charge in [0.2, 0.25) is 0 Å². The van der Waals surface area contributed by atoms with E-state index in [1.807, 2.05) is 13.8 Å². The van der Waals surface area contributed by atoms with E-state index in [9.17, 15) is 4.39 Å². The average molecular weight is 404 g/mol. The lowest BCUT2D eigenvalue weighted by Crippen LogP contribution is -2.10. The van der Waals surface area contributed by atoms with E-state index < -0.39 is 5.82 Å². The maximum atomic E-state index is 14.6. The minimum absolute atomic E-state index is 0.182. The van der Waals surface area contributed by atoms with Crippen molar-refractivity contribution >= 4 is 28.6 Å². The highest BCUT2D eigenvalue weighted by Gasteiger charge is 2.19. The van der Waals surface area contributed by atoms with Crippen molar-refractivity contribution in [3.63, 3.8) is 0 Å². The van der Waals surface area contributed by atoms with E-state index in [4.69, 9.17) is 0 Å². The van der Waals surface area contributed by atoms with Crippen LogP contribution in [0.25, 0.3) is 5.57 Å². The third-order valence-electron chi connectivity index (χ3n) is 5.84. The van der Waals surface area contributed by atoms with Crippen molar-refractivity contribution in [2.24, 2.45) is 10.9 Å². The molecule has 0 atom stereocenters. The molecule has 3 heteroatoms. The first-order valence-corrected chi connectivity index (χ1v) is 10.5. The first-order chi connectivity index (χ1) is 13.9. The van der Waals surface area contributed by atoms with Crippen LogP contribution in [0.3, 0.4) is 0 Å². The van der Waals surface area contributed by atoms with Gasteiger partial charge in [0.05, 0.1) is 5.16 Å². The molecule has 0 heterocycles. The molecule has 0 unspecified atom stereocenters. The number of nitrogens with zero attached hydrogens (tertiary/aromatic N) is 1. The zero-order valence-corrected chi connectivity index (χ0v) is 18.1. The lowest BCUT2D eigenvalue weighted by atomic mass is 9.79. The fraction of sp³-hybridized carbons (Fsp3) is 0.346. The van der Waals surface area contributed by atoms with Crippen LogP contribution in [0.4, 0.5) is 10.1 Å². The van der Waals surface area contributed by atoms with E-state index in [0.29, 0.717) is 17.0 Å². The second-order valence-electron chi connectivity index (χ2n) is 8.07. The summed E-state index contributed by atoms with van der Waals surface area (Å²) in [5.74, 6) is 7.35. The zero-order valence-electron chi connectivity index (χ0n) is 17.3. The topological polar surface area (TPSA) is 12.4 Å². The molecule has 0 amide bonds. The molecule has 0 aliphatic heterocycles. The molecule has 1 nitrogen and oxygen atoms in total. The summed E-state index contributed by atoms with van der Waals surface area (Å²) in [7, 11) is 0. The fourth-order valence-electron chi connectivity index (χ4n) is 4.11. The van der Waals surface area contributed by atoms with Crippen molar-refractivity contribution < 1.29 is 4.39 Å². The molecule has 0 N–H and O–H groups in total. The number of thiocarbonyl (C=S) groups is 1. The molecule has 0 aromatic heterocycles. The molecular formula is C26H26FNS. The van der Waals surface area contributed by atoms with Gasteiger partial charge in [-0.1, -0.05) is 50.3 Å². The molecule has 0 radical (unpaired) electrons. The van der Waals surface area contributed by atoms with Crippen LogP contribution in [-0.2, 0) is 0 Å². The SMILES string of the molecule is C=C(C)c1c(C)c(C#Cc2ccc(C3CCC(C)CC3)cc2)cc(F)c1N=C=S. The standard InChI is InChI=1S/C26H26FNS/c1-17(2)25-19(4)23(15-24(27)26(25)28-16-29)14-9-20-7-12-22(13-8-20)21-10-5-18(3)6-11-21/h7-8,12-13,15,18,21H,1,5-6,10-11H2,2-4H3. The van der Waals surface area contributed by atoms with Gasteiger partial charge in [-0.25, -0.2) is 4.39 Å². The highest BCUT2D eigenvalue weighted by atomic mass is 32.1. The summed E-state index contributed by atoms with van der Waals surface area (Å²) in [6, 6.07) is 9.92. The van der Waals surface area contributed by atoms with Crippen molar-refractivity contribution in [1.82, 2.24) is 0 Å². The molecule has 1 fully saturated rings. The fourth-order valence-corrected chi connectivity index (χ4v) is 4.20. The maximum absolute atomic E-state index is 14.6. The van der Waals surface area contributed by atoms with E-state index >= 15 is 0 Å². The first kappa shape index (κ1) is 21.2. The summed E-state index contributed by atoms with van der Waals surface area (Å²) < 4.78 is 14.6. The lowest BCUT2D eigenvalue weighted by Gasteiger charge is -2.26. The summed E-state index contributed by atoms with van der Waals surface area (Å²) in [6.07, 6.45) is 5.16. The second-order valence-corrected chi connectivity index (χ2v) is 8.25. The summed E-state index contributed by atoms with van der Waals surface area (Å²) in [4.78, 5) is 3.89. The van der Waals surface area contributed by atoms with Gasteiger partial charge in [-0.3, -0.25) is 0 Å². The van der Waals surface area contributed by atoms with Gasteiger partial charge in [-0.05, 0) is 85.6 Å². The quantitative estimate of drug-likeness (QED) is 0.292. The van der Waals surface area contributed by atoms with Crippen molar-refractivity contribution in [2.45, 2.75) is 52.4 Å². The van der Waals surface area contributed by atoms with E-state index in [1.165, 1.54) is 37.3 Å². The number of hydrogen-bond donors (Lipinski definition) is 0. The molecule has 0 saturated heterocycles. The van der Waals surface area contributed by atoms with Gasteiger partial charge in [0.1, 0.15) is 5.69 Å². The number of isothiocyanates is 1. The normalized spacial score (nSPS) is 18.3. The van der Waals surface area contributed by atoms with E-state index in [1.54, 1.807) is 0 Å². The molecule has 0 spiro atoms. The van der Waals surface area contributed by atoms with Gasteiger partial charge in [0.25, 0.3) is 0 Å². The number of hydrogen-bond acceptors (Lipinski definition) is 2. The number of allylic oxidation sites excluding steroid dienone is 1. The van der Waals surface area contributed by atoms with Crippen molar-refractivity contribution in [1.29, 1.82) is 0 Å². The number of rotatable bonds is 3. The Morgan fingerprint density at radius 1 is 1.14 bits per heavy atom. The van der Waals surface area contributed by atoms with Gasteiger partial charge in [-0.15, -0.1) is 0 Å². The van der Waals surface area contributed by atoms with Crippen LogP contribution in [0.2, 0.25) is 0 Å². The molecule has 29 heavy (non-hydrogen) atoms. The third kappa shape index (κ3) is 4.91. The Kier molecular flexibility index (Phi) is 6.80. The van der Waals surface area contributed by atoms with E-state index in [0.717, 1.165) is 22.6 Å². The average Bonchev–Trinajstić information content (AvgIpc) is 2.70. The zero-order chi connectivity index (χ0) is 21.0. The molecule has 1 aliphatic rings. The van der Waals surface area contributed by atoms with Crippen LogP contribution in [0, 0.1) is 30.5 Å². The van der Waals surface area contributed by atoms with Crippen molar-refractivity contribution in [3.05, 3.63) is 70.5 Å². The maximum Gasteiger partial charge on any atom is 0.151 e. The van der Waals surface area contributed by atoms with Crippen LogP contribution >= 0.6 is 12.2 Å². The Hall–Kier alpha value is -2.53. The second kappa shape index (κ2) is 9.31. The van der Waals surface area contributed by atoms with Crippen LogP contribution < -0.4 is 0 Å². The van der Waals surface area contributed by atoms with Gasteiger partial charge in [-0.2, -0.15) is 4.99 Å². The van der Waals surface area contributed by atoms with Crippen LogP contribution in [-0.4, -0.2) is 5.16 Å². The Morgan fingerprint density at radius 3 is 2.38 bits per heavy atom. The van der Waals surface area contributed by atoms with Crippen LogP contribution in [0.15, 0.2) is 41.9 Å². The van der Waals surface area contributed by atoms with Gasteiger partial charge >= 0.3 is 0 Å². The molecule has 148 valence electrons. The van der Waals surface area contributed by atoms with Crippen molar-refractivity contribution in [2.75, 3.05) is 0 Å². The monoisotopic (exact) mass is 403 g/mol. The molecule has 2 aromatic rings. The smallest absolute Gasteiger partial charge is 0.151 e. The van der Waals surface area contributed by atoms with Gasteiger partial charge < -0.3 is 0 Å². The minimum atomic E-state index is -0.461. The predicted molar refractivity (Wildman–Crippen MR) is 123 cm³/mol. The van der Waals surface area contributed by atoms with Crippen LogP contribution in [0.5, 0.6) is 0 Å². The molecular weight excluding hydrogens is 377 g/mol. The molecule has 0 bridgehead atoms. The Labute approximate surface area is 178 Å². The number of aliphatic imine (C=N–C) groups is 1. The third-order valence-corrected chi connectivity index (χ3v) is 5.93. The van der Waals surface area contributed by atoms with Crippen LogP contribution in [0.1, 0.15) is 73.3 Å². The number of halogens is 1. The molecule has 1 saturated carbocycles. The Morgan fingerprint density at radius 2 is 1.79 bits per heavy atom.